The van der Waals surface area contributed by atoms with E-state index in [4.69, 9.17) is 14.2 Å². The molecule has 0 saturated heterocycles. The van der Waals surface area contributed by atoms with Gasteiger partial charge in [0, 0.05) is 6.42 Å². The number of unbranched alkanes of at least 4 members (excludes halogenated alkanes) is 11. The van der Waals surface area contributed by atoms with Gasteiger partial charge in [0.25, 0.3) is 0 Å². The Bertz CT molecular complexity index is 835. The highest BCUT2D eigenvalue weighted by Gasteiger charge is 2.12. The van der Waals surface area contributed by atoms with Crippen LogP contribution in [0.25, 0.3) is 6.08 Å². The molecule has 1 rings (SSSR count). The van der Waals surface area contributed by atoms with E-state index in [2.05, 4.69) is 19.1 Å². The van der Waals surface area contributed by atoms with Gasteiger partial charge in [0.1, 0.15) is 19.0 Å². The highest BCUT2D eigenvalue weighted by atomic mass is 16.5. The number of benzene rings is 1. The first-order valence-corrected chi connectivity index (χ1v) is 14.5. The summed E-state index contributed by atoms with van der Waals surface area (Å²) < 4.78 is 15.7. The molecule has 5 nitrogen and oxygen atoms in total. The molecule has 0 saturated carbocycles. The van der Waals surface area contributed by atoms with E-state index in [1.807, 2.05) is 30.3 Å². The van der Waals surface area contributed by atoms with E-state index in [1.54, 1.807) is 26.2 Å². The number of carbonyl (C=O) groups is 2. The predicted octanol–water partition coefficient (Wildman–Crippen LogP) is 8.78. The Morgan fingerprint density at radius 1 is 0.763 bits per heavy atom. The molecule has 0 heterocycles. The lowest BCUT2D eigenvalue weighted by Crippen LogP contribution is -2.15. The van der Waals surface area contributed by atoms with E-state index in [0.29, 0.717) is 12.0 Å². The van der Waals surface area contributed by atoms with Crippen LogP contribution in [0.15, 0.2) is 54.1 Å². The van der Waals surface area contributed by atoms with Crippen LogP contribution in [0.3, 0.4) is 0 Å². The first-order valence-electron chi connectivity index (χ1n) is 14.5. The maximum atomic E-state index is 12.3. The van der Waals surface area contributed by atoms with E-state index in [-0.39, 0.29) is 19.2 Å². The highest BCUT2D eigenvalue weighted by Crippen LogP contribution is 2.13. The van der Waals surface area contributed by atoms with Crippen molar-refractivity contribution in [2.45, 2.75) is 104 Å². The lowest BCUT2D eigenvalue weighted by molar-refractivity contribution is -0.144. The number of hydrogen-bond acceptors (Lipinski definition) is 5. The zero-order chi connectivity index (χ0) is 27.7. The van der Waals surface area contributed by atoms with Gasteiger partial charge in [0.05, 0.1) is 12.7 Å². The van der Waals surface area contributed by atoms with Crippen LogP contribution in [-0.2, 0) is 19.1 Å². The van der Waals surface area contributed by atoms with Crippen molar-refractivity contribution in [3.05, 3.63) is 59.7 Å². The summed E-state index contributed by atoms with van der Waals surface area (Å²) in [6.07, 6.45) is 26.2. The first-order chi connectivity index (χ1) is 18.6. The molecule has 0 radical (unpaired) electrons. The summed E-state index contributed by atoms with van der Waals surface area (Å²) in [5, 5.41) is 0. The van der Waals surface area contributed by atoms with Crippen LogP contribution in [0.2, 0.25) is 0 Å². The van der Waals surface area contributed by atoms with Crippen LogP contribution in [0, 0.1) is 0 Å². The van der Waals surface area contributed by atoms with Crippen molar-refractivity contribution < 1.29 is 23.8 Å². The van der Waals surface area contributed by atoms with Crippen molar-refractivity contribution in [3.8, 4) is 5.75 Å². The Balaban J connectivity index is 2.04. The molecule has 0 aromatic heterocycles. The van der Waals surface area contributed by atoms with Gasteiger partial charge < -0.3 is 14.2 Å². The fourth-order valence-electron chi connectivity index (χ4n) is 3.95. The smallest absolute Gasteiger partial charge is 0.337 e. The second-order valence-corrected chi connectivity index (χ2v) is 9.58. The Morgan fingerprint density at radius 3 is 1.97 bits per heavy atom. The number of hydrogen-bond donors (Lipinski definition) is 0. The van der Waals surface area contributed by atoms with Crippen LogP contribution >= 0.6 is 0 Å². The predicted molar refractivity (Wildman–Crippen MR) is 157 cm³/mol. The molecular formula is C33H50O5. The van der Waals surface area contributed by atoms with Gasteiger partial charge >= 0.3 is 11.9 Å². The van der Waals surface area contributed by atoms with Gasteiger partial charge in [-0.1, -0.05) is 94.7 Å². The molecule has 0 fully saturated rings. The average Bonchev–Trinajstić information content (AvgIpc) is 2.93. The Hall–Kier alpha value is -2.82. The van der Waals surface area contributed by atoms with Crippen molar-refractivity contribution in [3.63, 3.8) is 0 Å². The molecular weight excluding hydrogens is 476 g/mol. The van der Waals surface area contributed by atoms with Gasteiger partial charge in [0.15, 0.2) is 0 Å². The van der Waals surface area contributed by atoms with Gasteiger partial charge in [-0.05, 0) is 62.8 Å². The quantitative estimate of drug-likeness (QED) is 0.0654. The summed E-state index contributed by atoms with van der Waals surface area (Å²) in [6.45, 7) is 4.08. The molecule has 0 aliphatic rings. The summed E-state index contributed by atoms with van der Waals surface area (Å²) >= 11 is 0. The van der Waals surface area contributed by atoms with Crippen LogP contribution in [-0.4, -0.2) is 32.3 Å². The summed E-state index contributed by atoms with van der Waals surface area (Å²) in [6, 6.07) is 7.58. The van der Waals surface area contributed by atoms with Crippen LogP contribution in [0.1, 0.15) is 109 Å². The fourth-order valence-corrected chi connectivity index (χ4v) is 3.95. The number of methoxy groups -OCH3 is 1. The standard InChI is InChI=1S/C33H50O5/c1-4-6-7-8-9-10-11-12-13-14-15-16-17-18-19-22-32(34)38-28-30(5-2)33(35)37-27-20-21-29-23-25-31(36-3)26-24-29/h5,12-13,20-21,23-26H,4,6-11,14-19,22,27-28H2,1-3H3. The lowest BCUT2D eigenvalue weighted by atomic mass is 10.1. The third kappa shape index (κ3) is 17.6. The van der Waals surface area contributed by atoms with E-state index in [9.17, 15) is 9.59 Å². The van der Waals surface area contributed by atoms with Crippen molar-refractivity contribution in [1.29, 1.82) is 0 Å². The molecule has 38 heavy (non-hydrogen) atoms. The molecule has 212 valence electrons. The van der Waals surface area contributed by atoms with Crippen molar-refractivity contribution in [2.75, 3.05) is 20.3 Å². The second kappa shape index (κ2) is 23.3. The van der Waals surface area contributed by atoms with Crippen LogP contribution in [0.5, 0.6) is 5.75 Å². The highest BCUT2D eigenvalue weighted by molar-refractivity contribution is 5.89. The molecule has 0 aliphatic carbocycles. The maximum absolute atomic E-state index is 12.3. The largest absolute Gasteiger partial charge is 0.497 e. The van der Waals surface area contributed by atoms with Crippen LogP contribution in [0.4, 0.5) is 0 Å². The topological polar surface area (TPSA) is 61.8 Å². The van der Waals surface area contributed by atoms with Gasteiger partial charge in [0.2, 0.25) is 0 Å². The Kier molecular flexibility index (Phi) is 20.4. The van der Waals surface area contributed by atoms with Gasteiger partial charge in [-0.3, -0.25) is 4.79 Å². The number of esters is 2. The van der Waals surface area contributed by atoms with E-state index in [1.165, 1.54) is 57.8 Å². The zero-order valence-corrected chi connectivity index (χ0v) is 24.1. The Morgan fingerprint density at radius 2 is 1.37 bits per heavy atom. The van der Waals surface area contributed by atoms with Crippen molar-refractivity contribution >= 4 is 18.0 Å². The third-order valence-electron chi connectivity index (χ3n) is 6.38. The minimum absolute atomic E-state index is 0.0541. The number of ether oxygens (including phenoxy) is 3. The Labute approximate surface area is 231 Å². The molecule has 0 amide bonds. The van der Waals surface area contributed by atoms with Crippen LogP contribution < -0.4 is 4.74 Å². The van der Waals surface area contributed by atoms with Gasteiger partial charge in [-0.2, -0.15) is 0 Å². The van der Waals surface area contributed by atoms with E-state index in [0.717, 1.165) is 37.0 Å². The summed E-state index contributed by atoms with van der Waals surface area (Å²) in [7, 11) is 1.62. The maximum Gasteiger partial charge on any atom is 0.337 e. The SMILES string of the molecule is CC=C(COC(=O)CCCCCCCC=CCCCCCCCC)C(=O)OCC=Cc1ccc(OC)cc1. The second-order valence-electron chi connectivity index (χ2n) is 9.58. The number of allylic oxidation sites excluding steroid dienone is 3. The summed E-state index contributed by atoms with van der Waals surface area (Å²) in [4.78, 5) is 24.3. The minimum Gasteiger partial charge on any atom is -0.497 e. The first kappa shape index (κ1) is 33.2. The van der Waals surface area contributed by atoms with Crippen molar-refractivity contribution in [2.24, 2.45) is 0 Å². The zero-order valence-electron chi connectivity index (χ0n) is 24.1. The molecule has 0 N–H and O–H groups in total. The van der Waals surface area contributed by atoms with Crippen molar-refractivity contribution in [1.82, 2.24) is 0 Å². The van der Waals surface area contributed by atoms with Gasteiger partial charge in [-0.25, -0.2) is 4.79 Å². The molecule has 5 heteroatoms. The van der Waals surface area contributed by atoms with E-state index < -0.39 is 5.97 Å². The normalized spacial score (nSPS) is 11.8. The number of rotatable bonds is 22. The average molecular weight is 527 g/mol. The molecule has 1 aromatic carbocycles. The monoisotopic (exact) mass is 526 g/mol. The summed E-state index contributed by atoms with van der Waals surface area (Å²) in [5.41, 5.74) is 1.33. The molecule has 0 unspecified atom stereocenters. The summed E-state index contributed by atoms with van der Waals surface area (Å²) in [5.74, 6) is 0.0491. The molecule has 0 bridgehead atoms. The molecule has 0 aliphatic heterocycles. The molecule has 0 spiro atoms. The molecule has 0 atom stereocenters. The lowest BCUT2D eigenvalue weighted by Gasteiger charge is -2.08. The van der Waals surface area contributed by atoms with Gasteiger partial charge in [-0.15, -0.1) is 0 Å². The fraction of sp³-hybridized carbons (Fsp3) is 0.576. The third-order valence-corrected chi connectivity index (χ3v) is 6.38. The molecule has 1 aromatic rings. The van der Waals surface area contributed by atoms with E-state index >= 15 is 0 Å². The minimum atomic E-state index is -0.472. The number of carbonyl (C=O) groups excluding carboxylic acids is 2.